The molecule has 0 aliphatic rings. The van der Waals surface area contributed by atoms with Crippen LogP contribution in [0.3, 0.4) is 0 Å². The number of aromatic hydroxyl groups is 1. The molecule has 5 nitrogen and oxygen atoms in total. The van der Waals surface area contributed by atoms with Crippen molar-refractivity contribution in [3.8, 4) is 17.1 Å². The fourth-order valence-electron chi connectivity index (χ4n) is 3.75. The highest BCUT2D eigenvalue weighted by molar-refractivity contribution is 7.13. The number of thiazole rings is 1. The molecule has 164 valence electrons. The van der Waals surface area contributed by atoms with Gasteiger partial charge in [0.05, 0.1) is 17.8 Å². The van der Waals surface area contributed by atoms with Crippen LogP contribution in [0.2, 0.25) is 0 Å². The minimum absolute atomic E-state index is 0.0575. The summed E-state index contributed by atoms with van der Waals surface area (Å²) in [6.07, 6.45) is 0. The highest BCUT2D eigenvalue weighted by Crippen LogP contribution is 2.41. The molecule has 33 heavy (non-hydrogen) atoms. The molecule has 2 aromatic heterocycles. The number of azo groups is 1. The molecule has 0 spiro atoms. The number of fused-ring (bicyclic) bond motifs is 1. The van der Waals surface area contributed by atoms with Crippen molar-refractivity contribution in [1.29, 1.82) is 0 Å². The number of aromatic nitrogens is 2. The van der Waals surface area contributed by atoms with Gasteiger partial charge in [-0.15, -0.1) is 21.6 Å². The molecule has 0 unspecified atom stereocenters. The van der Waals surface area contributed by atoms with Gasteiger partial charge in [-0.2, -0.15) is 0 Å². The van der Waals surface area contributed by atoms with E-state index in [1.54, 1.807) is 22.8 Å². The second-order valence-corrected chi connectivity index (χ2v) is 8.79. The van der Waals surface area contributed by atoms with Crippen LogP contribution in [-0.2, 0) is 6.54 Å². The first-order valence-electron chi connectivity index (χ1n) is 10.5. The number of benzene rings is 3. The maximum Gasteiger partial charge on any atom is 0.230 e. The third kappa shape index (κ3) is 4.15. The summed E-state index contributed by atoms with van der Waals surface area (Å²) in [5, 5.41) is 22.9. The van der Waals surface area contributed by atoms with Crippen LogP contribution in [0.25, 0.3) is 22.2 Å². The molecule has 7 heteroatoms. The quantitative estimate of drug-likeness (QED) is 0.276. The van der Waals surface area contributed by atoms with Crippen molar-refractivity contribution in [1.82, 2.24) is 9.55 Å². The monoisotopic (exact) mass is 456 g/mol. The summed E-state index contributed by atoms with van der Waals surface area (Å²) in [6, 6.07) is 20.5. The molecule has 0 aliphatic heterocycles. The predicted octanol–water partition coefficient (Wildman–Crippen LogP) is 7.69. The second kappa shape index (κ2) is 8.60. The summed E-state index contributed by atoms with van der Waals surface area (Å²) >= 11 is 1.38. The van der Waals surface area contributed by atoms with E-state index in [9.17, 15) is 9.50 Å². The van der Waals surface area contributed by atoms with Gasteiger partial charge in [0, 0.05) is 21.9 Å². The van der Waals surface area contributed by atoms with Gasteiger partial charge in [0.2, 0.25) is 11.0 Å². The van der Waals surface area contributed by atoms with Crippen molar-refractivity contribution < 1.29 is 9.50 Å². The molecule has 0 aliphatic carbocycles. The summed E-state index contributed by atoms with van der Waals surface area (Å²) in [5.41, 5.74) is 5.64. The van der Waals surface area contributed by atoms with Gasteiger partial charge in [-0.3, -0.25) is 0 Å². The summed E-state index contributed by atoms with van der Waals surface area (Å²) in [6.45, 7) is 4.20. The largest absolute Gasteiger partial charge is 0.493 e. The molecule has 1 N–H and O–H groups in total. The second-order valence-electron chi connectivity index (χ2n) is 7.95. The van der Waals surface area contributed by atoms with Gasteiger partial charge in [0.25, 0.3) is 0 Å². The lowest BCUT2D eigenvalue weighted by atomic mass is 10.1. The number of rotatable bonds is 5. The van der Waals surface area contributed by atoms with Crippen LogP contribution in [0.5, 0.6) is 5.88 Å². The SMILES string of the molecule is Cc1ccc(-c2csc(N=Nc3c(O)n(Cc4ccccc4F)c4ccc(C)cc34)n2)cc1. The summed E-state index contributed by atoms with van der Waals surface area (Å²) < 4.78 is 15.9. The van der Waals surface area contributed by atoms with Gasteiger partial charge >= 0.3 is 0 Å². The predicted molar refractivity (Wildman–Crippen MR) is 130 cm³/mol. The zero-order valence-electron chi connectivity index (χ0n) is 18.2. The molecule has 0 bridgehead atoms. The average Bonchev–Trinajstić information content (AvgIpc) is 3.37. The van der Waals surface area contributed by atoms with E-state index < -0.39 is 0 Å². The Kier molecular flexibility index (Phi) is 5.48. The molecule has 0 radical (unpaired) electrons. The Balaban J connectivity index is 1.52. The zero-order valence-corrected chi connectivity index (χ0v) is 19.0. The van der Waals surface area contributed by atoms with E-state index in [1.165, 1.54) is 23.0 Å². The minimum Gasteiger partial charge on any atom is -0.493 e. The molecule has 0 saturated carbocycles. The zero-order chi connectivity index (χ0) is 22.9. The van der Waals surface area contributed by atoms with Crippen molar-refractivity contribution in [3.05, 3.63) is 94.6 Å². The van der Waals surface area contributed by atoms with Crippen molar-refractivity contribution in [2.45, 2.75) is 20.4 Å². The van der Waals surface area contributed by atoms with Crippen LogP contribution in [-0.4, -0.2) is 14.7 Å². The third-order valence-electron chi connectivity index (χ3n) is 5.53. The Morgan fingerprint density at radius 2 is 1.73 bits per heavy atom. The van der Waals surface area contributed by atoms with Gasteiger partial charge in [0.1, 0.15) is 5.82 Å². The van der Waals surface area contributed by atoms with Gasteiger partial charge in [-0.25, -0.2) is 9.37 Å². The number of halogens is 1. The molecule has 0 fully saturated rings. The van der Waals surface area contributed by atoms with Crippen LogP contribution in [0, 0.1) is 19.7 Å². The Morgan fingerprint density at radius 3 is 2.52 bits per heavy atom. The standard InChI is InChI=1S/C26H21FN4OS/c1-16-7-10-18(11-8-16)22-15-33-26(28-22)30-29-24-20-13-17(2)9-12-23(20)31(25(24)32)14-19-5-3-4-6-21(19)27/h3-13,15,32H,14H2,1-2H3. The normalized spacial score (nSPS) is 11.6. The Hall–Kier alpha value is -3.84. The van der Waals surface area contributed by atoms with E-state index in [0.717, 1.165) is 27.7 Å². The van der Waals surface area contributed by atoms with Crippen molar-refractivity contribution in [2.75, 3.05) is 0 Å². The van der Waals surface area contributed by atoms with Crippen molar-refractivity contribution in [2.24, 2.45) is 10.2 Å². The fourth-order valence-corrected chi connectivity index (χ4v) is 4.40. The average molecular weight is 457 g/mol. The number of aryl methyl sites for hydroxylation is 2. The van der Waals surface area contributed by atoms with E-state index >= 15 is 0 Å². The van der Waals surface area contributed by atoms with E-state index in [1.807, 2.05) is 61.7 Å². The van der Waals surface area contributed by atoms with Gasteiger partial charge < -0.3 is 9.67 Å². The van der Waals surface area contributed by atoms with Gasteiger partial charge in [0.15, 0.2) is 5.69 Å². The molecular weight excluding hydrogens is 435 g/mol. The van der Waals surface area contributed by atoms with E-state index in [-0.39, 0.29) is 18.2 Å². The minimum atomic E-state index is -0.319. The van der Waals surface area contributed by atoms with E-state index in [0.29, 0.717) is 16.4 Å². The van der Waals surface area contributed by atoms with Gasteiger partial charge in [-0.05, 0) is 32.0 Å². The first-order chi connectivity index (χ1) is 16.0. The molecular formula is C26H21FN4OS. The highest BCUT2D eigenvalue weighted by Gasteiger charge is 2.18. The number of hydrogen-bond acceptors (Lipinski definition) is 5. The first kappa shape index (κ1) is 21.0. The first-order valence-corrected chi connectivity index (χ1v) is 11.4. The number of hydrogen-bond donors (Lipinski definition) is 1. The van der Waals surface area contributed by atoms with E-state index in [2.05, 4.69) is 15.2 Å². The van der Waals surface area contributed by atoms with Crippen LogP contribution in [0.4, 0.5) is 15.2 Å². The Bertz CT molecular complexity index is 1480. The fraction of sp³-hybridized carbons (Fsp3) is 0.115. The maximum atomic E-state index is 14.3. The molecule has 0 saturated heterocycles. The summed E-state index contributed by atoms with van der Waals surface area (Å²) in [4.78, 5) is 4.56. The highest BCUT2D eigenvalue weighted by atomic mass is 32.1. The Morgan fingerprint density at radius 1 is 0.970 bits per heavy atom. The Labute approximate surface area is 194 Å². The van der Waals surface area contributed by atoms with Crippen LogP contribution in [0.1, 0.15) is 16.7 Å². The molecule has 5 aromatic rings. The van der Waals surface area contributed by atoms with Gasteiger partial charge in [-0.1, -0.05) is 59.7 Å². The molecule has 3 aromatic carbocycles. The topological polar surface area (TPSA) is 62.8 Å². The van der Waals surface area contributed by atoms with Crippen LogP contribution >= 0.6 is 11.3 Å². The smallest absolute Gasteiger partial charge is 0.230 e. The van der Waals surface area contributed by atoms with Crippen LogP contribution in [0.15, 0.2) is 82.3 Å². The lowest BCUT2D eigenvalue weighted by Gasteiger charge is -2.08. The van der Waals surface area contributed by atoms with Crippen molar-refractivity contribution in [3.63, 3.8) is 0 Å². The molecule has 0 amide bonds. The maximum absolute atomic E-state index is 14.3. The lowest BCUT2D eigenvalue weighted by molar-refractivity contribution is 0.428. The summed E-state index contributed by atoms with van der Waals surface area (Å²) in [7, 11) is 0. The third-order valence-corrected chi connectivity index (χ3v) is 6.25. The molecule has 2 heterocycles. The van der Waals surface area contributed by atoms with Crippen LogP contribution < -0.4 is 0 Å². The van der Waals surface area contributed by atoms with Crippen molar-refractivity contribution >= 4 is 33.1 Å². The van der Waals surface area contributed by atoms with E-state index in [4.69, 9.17) is 0 Å². The number of nitrogens with zero attached hydrogens (tertiary/aromatic N) is 4. The molecule has 5 rings (SSSR count). The molecule has 0 atom stereocenters. The lowest BCUT2D eigenvalue weighted by Crippen LogP contribution is -2.01. The summed E-state index contributed by atoms with van der Waals surface area (Å²) in [5.74, 6) is -0.377.